The van der Waals surface area contributed by atoms with Crippen LogP contribution in [0.2, 0.25) is 0 Å². The van der Waals surface area contributed by atoms with Crippen molar-refractivity contribution in [1.29, 1.82) is 0 Å². The molecule has 6 heteroatoms. The molecule has 72 heavy (non-hydrogen) atoms. The molecule has 0 aromatic rings. The van der Waals surface area contributed by atoms with E-state index in [1.807, 2.05) is 0 Å². The SMILES string of the molecule is CCC(C)CCCCCCCCCCCCCCCCCCCCC(=O)O[C@H](COC(=O)CCCCCCCCCCCCCCCCC(C)CC)COC(=O)CCCCCCCCCCCCC(C)CC. The summed E-state index contributed by atoms with van der Waals surface area (Å²) in [5.41, 5.74) is 0. The normalized spacial score (nSPS) is 13.2. The quantitative estimate of drug-likeness (QED) is 0.0343. The molecule has 0 radical (unpaired) electrons. The molecule has 428 valence electrons. The summed E-state index contributed by atoms with van der Waals surface area (Å²) in [4.78, 5) is 38.3. The van der Waals surface area contributed by atoms with Gasteiger partial charge in [0.25, 0.3) is 0 Å². The molecule has 0 rings (SSSR count). The van der Waals surface area contributed by atoms with Gasteiger partial charge >= 0.3 is 17.9 Å². The van der Waals surface area contributed by atoms with E-state index >= 15 is 0 Å². The topological polar surface area (TPSA) is 78.9 Å². The molecule has 0 spiro atoms. The lowest BCUT2D eigenvalue weighted by Crippen LogP contribution is -2.30. The van der Waals surface area contributed by atoms with Crippen LogP contribution in [0, 0.1) is 17.8 Å². The van der Waals surface area contributed by atoms with Crippen molar-refractivity contribution in [2.45, 2.75) is 375 Å². The minimum atomic E-state index is -0.765. The number of esters is 3. The average Bonchev–Trinajstić information content (AvgIpc) is 3.38. The van der Waals surface area contributed by atoms with Gasteiger partial charge in [-0.2, -0.15) is 0 Å². The minimum absolute atomic E-state index is 0.0627. The van der Waals surface area contributed by atoms with Crippen LogP contribution < -0.4 is 0 Å². The standard InChI is InChI=1S/C66H128O6/c1-7-60(4)52-46-40-34-28-22-18-14-12-10-11-13-15-21-25-33-39-45-51-57-66(69)72-63(59-71-65(68)56-50-44-38-32-27-26-30-36-42-48-54-62(6)9-3)58-70-64(67)55-49-43-37-31-24-20-17-16-19-23-29-35-41-47-53-61(5)8-2/h60-63H,7-59H2,1-6H3/t60?,61?,62?,63-/m1/s1. The first-order valence-electron chi connectivity index (χ1n) is 32.7. The van der Waals surface area contributed by atoms with Crippen LogP contribution in [0.3, 0.4) is 0 Å². The third-order valence-electron chi connectivity index (χ3n) is 16.2. The third kappa shape index (κ3) is 54.7. The molecule has 0 saturated carbocycles. The molecular formula is C66H128O6. The molecular weight excluding hydrogens is 889 g/mol. The van der Waals surface area contributed by atoms with E-state index in [9.17, 15) is 14.4 Å². The zero-order valence-electron chi connectivity index (χ0n) is 49.7. The van der Waals surface area contributed by atoms with Crippen molar-refractivity contribution in [1.82, 2.24) is 0 Å². The Kier molecular flexibility index (Phi) is 55.9. The Bertz CT molecular complexity index is 1120. The maximum Gasteiger partial charge on any atom is 0.306 e. The zero-order valence-corrected chi connectivity index (χ0v) is 49.7. The van der Waals surface area contributed by atoms with Crippen LogP contribution in [-0.4, -0.2) is 37.2 Å². The largest absolute Gasteiger partial charge is 0.462 e. The van der Waals surface area contributed by atoms with Crippen LogP contribution in [0.1, 0.15) is 369 Å². The monoisotopic (exact) mass is 1020 g/mol. The summed E-state index contributed by atoms with van der Waals surface area (Å²) in [6, 6.07) is 0. The highest BCUT2D eigenvalue weighted by Crippen LogP contribution is 2.20. The third-order valence-corrected chi connectivity index (χ3v) is 16.2. The first kappa shape index (κ1) is 70.4. The van der Waals surface area contributed by atoms with Crippen molar-refractivity contribution in [2.24, 2.45) is 17.8 Å². The number of hydrogen-bond donors (Lipinski definition) is 0. The van der Waals surface area contributed by atoms with Crippen molar-refractivity contribution in [2.75, 3.05) is 13.2 Å². The first-order valence-corrected chi connectivity index (χ1v) is 32.7. The second-order valence-corrected chi connectivity index (χ2v) is 23.5. The summed E-state index contributed by atoms with van der Waals surface area (Å²) in [5, 5.41) is 0. The molecule has 0 fully saturated rings. The van der Waals surface area contributed by atoms with Gasteiger partial charge in [-0.05, 0) is 37.0 Å². The minimum Gasteiger partial charge on any atom is -0.462 e. The lowest BCUT2D eigenvalue weighted by molar-refractivity contribution is -0.167. The van der Waals surface area contributed by atoms with Gasteiger partial charge in [0, 0.05) is 19.3 Å². The number of hydrogen-bond acceptors (Lipinski definition) is 6. The second-order valence-electron chi connectivity index (χ2n) is 23.5. The van der Waals surface area contributed by atoms with Crippen molar-refractivity contribution in [3.8, 4) is 0 Å². The molecule has 0 bridgehead atoms. The number of unbranched alkanes of at least 4 members (excludes halogenated alkanes) is 39. The smallest absolute Gasteiger partial charge is 0.306 e. The van der Waals surface area contributed by atoms with Crippen molar-refractivity contribution < 1.29 is 28.6 Å². The van der Waals surface area contributed by atoms with Crippen molar-refractivity contribution in [3.63, 3.8) is 0 Å². The van der Waals surface area contributed by atoms with Gasteiger partial charge < -0.3 is 14.2 Å². The van der Waals surface area contributed by atoms with E-state index in [0.717, 1.165) is 75.5 Å². The summed E-state index contributed by atoms with van der Waals surface area (Å²) >= 11 is 0. The summed E-state index contributed by atoms with van der Waals surface area (Å²) < 4.78 is 17.0. The van der Waals surface area contributed by atoms with Crippen molar-refractivity contribution in [3.05, 3.63) is 0 Å². The Morgan fingerprint density at radius 3 is 0.653 bits per heavy atom. The number of rotatable bonds is 59. The van der Waals surface area contributed by atoms with Crippen molar-refractivity contribution >= 4 is 17.9 Å². The second kappa shape index (κ2) is 57.1. The molecule has 4 atom stereocenters. The van der Waals surface area contributed by atoms with Crippen LogP contribution in [0.4, 0.5) is 0 Å². The molecule has 0 heterocycles. The maximum absolute atomic E-state index is 12.9. The van der Waals surface area contributed by atoms with Crippen LogP contribution in [-0.2, 0) is 28.6 Å². The number of carbonyl (C=O) groups excluding carboxylic acids is 3. The molecule has 0 aliphatic heterocycles. The Balaban J connectivity index is 4.28. The Labute approximate surface area is 450 Å². The summed E-state index contributed by atoms with van der Waals surface area (Å²) in [6.07, 6.45) is 62.3. The fourth-order valence-corrected chi connectivity index (χ4v) is 10.1. The van der Waals surface area contributed by atoms with Gasteiger partial charge in [0.05, 0.1) is 0 Å². The van der Waals surface area contributed by atoms with Crippen LogP contribution in [0.5, 0.6) is 0 Å². The molecule has 0 aromatic heterocycles. The van der Waals surface area contributed by atoms with Gasteiger partial charge in [-0.1, -0.05) is 330 Å². The van der Waals surface area contributed by atoms with E-state index < -0.39 is 6.10 Å². The van der Waals surface area contributed by atoms with E-state index in [2.05, 4.69) is 41.5 Å². The van der Waals surface area contributed by atoms with Gasteiger partial charge in [0.15, 0.2) is 6.10 Å². The molecule has 0 saturated heterocycles. The fourth-order valence-electron chi connectivity index (χ4n) is 10.1. The predicted molar refractivity (Wildman–Crippen MR) is 312 cm³/mol. The first-order chi connectivity index (χ1) is 35.2. The lowest BCUT2D eigenvalue weighted by Gasteiger charge is -2.18. The van der Waals surface area contributed by atoms with E-state index in [-0.39, 0.29) is 31.1 Å². The van der Waals surface area contributed by atoms with Gasteiger partial charge in [-0.25, -0.2) is 0 Å². The van der Waals surface area contributed by atoms with Gasteiger partial charge in [0.1, 0.15) is 13.2 Å². The highest BCUT2D eigenvalue weighted by Gasteiger charge is 2.20. The Morgan fingerprint density at radius 2 is 0.444 bits per heavy atom. The molecule has 0 aliphatic carbocycles. The lowest BCUT2D eigenvalue weighted by atomic mass is 9.99. The molecule has 0 aromatic carbocycles. The summed E-state index contributed by atoms with van der Waals surface area (Å²) in [7, 11) is 0. The van der Waals surface area contributed by atoms with Gasteiger partial charge in [-0.15, -0.1) is 0 Å². The van der Waals surface area contributed by atoms with Crippen LogP contribution in [0.25, 0.3) is 0 Å². The molecule has 0 aliphatic rings. The Hall–Kier alpha value is -1.59. The van der Waals surface area contributed by atoms with Gasteiger partial charge in [0.2, 0.25) is 0 Å². The van der Waals surface area contributed by atoms with Crippen LogP contribution >= 0.6 is 0 Å². The summed E-state index contributed by atoms with van der Waals surface area (Å²) in [6.45, 7) is 13.9. The molecule has 0 N–H and O–H groups in total. The molecule has 0 amide bonds. The fraction of sp³-hybridized carbons (Fsp3) is 0.955. The van der Waals surface area contributed by atoms with E-state index in [1.165, 1.54) is 250 Å². The van der Waals surface area contributed by atoms with E-state index in [1.54, 1.807) is 0 Å². The van der Waals surface area contributed by atoms with E-state index in [0.29, 0.717) is 19.3 Å². The highest BCUT2D eigenvalue weighted by molar-refractivity contribution is 5.71. The Morgan fingerprint density at radius 1 is 0.264 bits per heavy atom. The van der Waals surface area contributed by atoms with Gasteiger partial charge in [-0.3, -0.25) is 14.4 Å². The van der Waals surface area contributed by atoms with E-state index in [4.69, 9.17) is 14.2 Å². The predicted octanol–water partition coefficient (Wildman–Crippen LogP) is 21.8. The highest BCUT2D eigenvalue weighted by atomic mass is 16.6. The number of carbonyl (C=O) groups is 3. The summed E-state index contributed by atoms with van der Waals surface area (Å²) in [5.74, 6) is 1.84. The molecule has 6 nitrogen and oxygen atoms in total. The average molecular weight is 1020 g/mol. The zero-order chi connectivity index (χ0) is 52.6. The van der Waals surface area contributed by atoms with Crippen LogP contribution in [0.15, 0.2) is 0 Å². The maximum atomic E-state index is 12.9. The molecule has 3 unspecified atom stereocenters. The number of ether oxygens (including phenoxy) is 3.